The van der Waals surface area contributed by atoms with E-state index in [2.05, 4.69) is 10.6 Å². The van der Waals surface area contributed by atoms with Crippen molar-refractivity contribution in [2.24, 2.45) is 5.92 Å². The maximum atomic E-state index is 13.5. The third-order valence-corrected chi connectivity index (χ3v) is 6.98. The highest BCUT2D eigenvalue weighted by molar-refractivity contribution is 6.31. The zero-order valence-electron chi connectivity index (χ0n) is 18.0. The second-order valence-corrected chi connectivity index (χ2v) is 9.56. The van der Waals surface area contributed by atoms with Crippen molar-refractivity contribution in [1.82, 2.24) is 10.6 Å². The molecule has 7 nitrogen and oxygen atoms in total. The highest BCUT2D eigenvalue weighted by Crippen LogP contribution is 2.60. The molecule has 0 spiro atoms. The monoisotopic (exact) mass is 514 g/mol. The summed E-state index contributed by atoms with van der Waals surface area (Å²) in [6, 6.07) is 7.69. The van der Waals surface area contributed by atoms with Crippen molar-refractivity contribution in [3.63, 3.8) is 0 Å². The van der Waals surface area contributed by atoms with E-state index in [1.807, 2.05) is 0 Å². The second-order valence-electron chi connectivity index (χ2n) is 8.74. The molecule has 2 amide bonds. The zero-order valence-corrected chi connectivity index (χ0v) is 19.6. The molecule has 2 aromatic carbocycles. The van der Waals surface area contributed by atoms with Gasteiger partial charge in [0, 0.05) is 23.6 Å². The van der Waals surface area contributed by atoms with Crippen LogP contribution in [0.4, 0.5) is 8.78 Å². The number of carbonyl (C=O) groups is 2. The molecule has 3 N–H and O–H groups in total. The first kappa shape index (κ1) is 24.5. The van der Waals surface area contributed by atoms with Crippen LogP contribution < -0.4 is 20.1 Å². The molecule has 0 bridgehead atoms. The average Bonchev–Trinajstić information content (AvgIpc) is 3.44. The minimum atomic E-state index is -0.987. The number of rotatable bonds is 8. The van der Waals surface area contributed by atoms with Crippen LogP contribution in [0.3, 0.4) is 0 Å². The molecule has 2 aromatic rings. The highest BCUT2D eigenvalue weighted by Gasteiger charge is 2.71. The van der Waals surface area contributed by atoms with E-state index in [1.165, 1.54) is 24.3 Å². The number of amides is 2. The molecule has 0 aliphatic heterocycles. The van der Waals surface area contributed by atoms with Gasteiger partial charge in [0.05, 0.1) is 21.7 Å². The predicted octanol–water partition coefficient (Wildman–Crippen LogP) is 3.24. The Morgan fingerprint density at radius 2 is 1.47 bits per heavy atom. The number of hydrogen-bond donors (Lipinski definition) is 3. The van der Waals surface area contributed by atoms with Gasteiger partial charge in [0.15, 0.2) is 13.2 Å². The molecule has 2 saturated carbocycles. The minimum absolute atomic E-state index is 0.0523. The van der Waals surface area contributed by atoms with Crippen LogP contribution in [0.5, 0.6) is 11.5 Å². The van der Waals surface area contributed by atoms with Gasteiger partial charge in [-0.15, -0.1) is 0 Å². The number of nitrogens with one attached hydrogen (secondary N) is 2. The molecule has 0 aromatic heterocycles. The number of aliphatic hydroxyl groups is 1. The molecule has 0 radical (unpaired) electrons. The molecule has 2 fully saturated rings. The van der Waals surface area contributed by atoms with Gasteiger partial charge in [-0.2, -0.15) is 0 Å². The van der Waals surface area contributed by atoms with Gasteiger partial charge in [-0.05, 0) is 44.0 Å². The third kappa shape index (κ3) is 4.92. The van der Waals surface area contributed by atoms with Gasteiger partial charge in [-0.1, -0.05) is 23.2 Å². The van der Waals surface area contributed by atoms with Gasteiger partial charge in [0.1, 0.15) is 23.1 Å². The number of aliphatic hydroxyl groups excluding tert-OH is 1. The van der Waals surface area contributed by atoms with E-state index in [-0.39, 0.29) is 47.1 Å². The molecule has 4 rings (SSSR count). The topological polar surface area (TPSA) is 96.9 Å². The van der Waals surface area contributed by atoms with Crippen LogP contribution in [0, 0.1) is 17.6 Å². The molecule has 0 heterocycles. The largest absolute Gasteiger partial charge is 0.484 e. The standard InChI is InChI=1S/C23H22Cl2F2N2O5/c1-22(28-20(31)10-33-12-2-4-14(24)16(26)6-12)18-8-23(18,9-19(22)30)29-21(32)11-34-13-3-5-15(25)17(27)7-13/h2-7,18-19,30H,8-11H2,1H3,(H,28,31)(H,29,32)/t18-,19+,22+,23?/m0/s1. The zero-order chi connectivity index (χ0) is 24.7. The third-order valence-electron chi connectivity index (χ3n) is 6.37. The van der Waals surface area contributed by atoms with E-state index < -0.39 is 40.6 Å². The Morgan fingerprint density at radius 1 is 0.971 bits per heavy atom. The van der Waals surface area contributed by atoms with Gasteiger partial charge in [0.2, 0.25) is 0 Å². The molecule has 11 heteroatoms. The van der Waals surface area contributed by atoms with Crippen LogP contribution in [0.2, 0.25) is 10.0 Å². The highest BCUT2D eigenvalue weighted by atomic mass is 35.5. The summed E-state index contributed by atoms with van der Waals surface area (Å²) in [7, 11) is 0. The number of hydrogen-bond acceptors (Lipinski definition) is 5. The smallest absolute Gasteiger partial charge is 0.258 e. The second kappa shape index (κ2) is 9.20. The fraction of sp³-hybridized carbons (Fsp3) is 0.391. The Labute approximate surface area is 204 Å². The van der Waals surface area contributed by atoms with Crippen molar-refractivity contribution in [3.8, 4) is 11.5 Å². The summed E-state index contributed by atoms with van der Waals surface area (Å²) in [5, 5.41) is 16.2. The number of ether oxygens (including phenoxy) is 2. The summed E-state index contributed by atoms with van der Waals surface area (Å²) < 4.78 is 37.7. The Balaban J connectivity index is 1.29. The fourth-order valence-corrected chi connectivity index (χ4v) is 4.78. The molecular weight excluding hydrogens is 493 g/mol. The summed E-state index contributed by atoms with van der Waals surface area (Å²) in [5.41, 5.74) is -1.66. The quantitative estimate of drug-likeness (QED) is 0.502. The van der Waals surface area contributed by atoms with Crippen molar-refractivity contribution in [1.29, 1.82) is 0 Å². The van der Waals surface area contributed by atoms with Crippen molar-refractivity contribution in [2.75, 3.05) is 13.2 Å². The van der Waals surface area contributed by atoms with Crippen LogP contribution >= 0.6 is 23.2 Å². The molecule has 0 saturated heterocycles. The number of fused-ring (bicyclic) bond motifs is 1. The summed E-state index contributed by atoms with van der Waals surface area (Å²) >= 11 is 11.3. The van der Waals surface area contributed by atoms with E-state index in [0.717, 1.165) is 12.1 Å². The lowest BCUT2D eigenvalue weighted by Crippen LogP contribution is -2.55. The number of benzene rings is 2. The van der Waals surface area contributed by atoms with Crippen LogP contribution in [-0.4, -0.2) is 47.3 Å². The normalized spacial score (nSPS) is 27.0. The van der Waals surface area contributed by atoms with Gasteiger partial charge < -0.3 is 25.2 Å². The minimum Gasteiger partial charge on any atom is -0.484 e. The van der Waals surface area contributed by atoms with E-state index in [4.69, 9.17) is 32.7 Å². The lowest BCUT2D eigenvalue weighted by atomic mass is 9.92. The molecule has 34 heavy (non-hydrogen) atoms. The maximum Gasteiger partial charge on any atom is 0.258 e. The van der Waals surface area contributed by atoms with Crippen LogP contribution in [0.25, 0.3) is 0 Å². The molecular formula is C23H22Cl2F2N2O5. The van der Waals surface area contributed by atoms with Gasteiger partial charge in [-0.3, -0.25) is 9.59 Å². The van der Waals surface area contributed by atoms with Crippen molar-refractivity contribution in [3.05, 3.63) is 58.1 Å². The van der Waals surface area contributed by atoms with Crippen LogP contribution in [0.1, 0.15) is 19.8 Å². The van der Waals surface area contributed by atoms with Gasteiger partial charge in [0.25, 0.3) is 11.8 Å². The van der Waals surface area contributed by atoms with Crippen molar-refractivity contribution in [2.45, 2.75) is 36.9 Å². The first-order valence-electron chi connectivity index (χ1n) is 10.5. The van der Waals surface area contributed by atoms with Crippen LogP contribution in [-0.2, 0) is 9.59 Å². The first-order valence-corrected chi connectivity index (χ1v) is 11.2. The lowest BCUT2D eigenvalue weighted by molar-refractivity contribution is -0.126. The molecule has 1 unspecified atom stereocenters. The fourth-order valence-electron chi connectivity index (χ4n) is 4.55. The van der Waals surface area contributed by atoms with Gasteiger partial charge in [-0.25, -0.2) is 8.78 Å². The Morgan fingerprint density at radius 3 is 1.97 bits per heavy atom. The van der Waals surface area contributed by atoms with E-state index in [0.29, 0.717) is 6.42 Å². The summed E-state index contributed by atoms with van der Waals surface area (Å²) in [6.07, 6.45) is -0.0977. The lowest BCUT2D eigenvalue weighted by Gasteiger charge is -2.31. The first-order chi connectivity index (χ1) is 16.0. The Hall–Kier alpha value is -2.62. The van der Waals surface area contributed by atoms with E-state index in [1.54, 1.807) is 6.92 Å². The van der Waals surface area contributed by atoms with Crippen LogP contribution in [0.15, 0.2) is 36.4 Å². The molecule has 2 aliphatic rings. The maximum absolute atomic E-state index is 13.5. The predicted molar refractivity (Wildman–Crippen MR) is 120 cm³/mol. The van der Waals surface area contributed by atoms with E-state index in [9.17, 15) is 23.5 Å². The van der Waals surface area contributed by atoms with E-state index >= 15 is 0 Å². The van der Waals surface area contributed by atoms with Gasteiger partial charge >= 0.3 is 0 Å². The Kier molecular flexibility index (Phi) is 6.63. The average molecular weight is 515 g/mol. The number of carbonyl (C=O) groups excluding carboxylic acids is 2. The number of halogens is 4. The Bertz CT molecular complexity index is 1140. The summed E-state index contributed by atoms with van der Waals surface area (Å²) in [6.45, 7) is 0.969. The molecule has 182 valence electrons. The summed E-state index contributed by atoms with van der Waals surface area (Å²) in [4.78, 5) is 24.9. The van der Waals surface area contributed by atoms with Crippen molar-refractivity contribution >= 4 is 35.0 Å². The molecule has 4 atom stereocenters. The summed E-state index contributed by atoms with van der Waals surface area (Å²) in [5.74, 6) is -2.16. The van der Waals surface area contributed by atoms with Crippen molar-refractivity contribution < 1.29 is 33.0 Å². The molecule has 2 aliphatic carbocycles. The SMILES string of the molecule is C[C@]1(NC(=O)COc2ccc(Cl)c(F)c2)[C@H](O)CC2(NC(=O)COc3ccc(Cl)c(F)c3)C[C@H]21.